The third kappa shape index (κ3) is 2.77. The number of carbonyl (C=O) groups is 1. The second kappa shape index (κ2) is 5.37. The van der Waals surface area contributed by atoms with Crippen molar-refractivity contribution in [2.24, 2.45) is 0 Å². The second-order valence-corrected chi connectivity index (χ2v) is 5.31. The molecule has 4 N–H and O–H groups in total. The van der Waals surface area contributed by atoms with E-state index in [9.17, 15) is 9.59 Å². The second-order valence-electron chi connectivity index (χ2n) is 4.47. The Morgan fingerprint density at radius 1 is 1.38 bits per heavy atom. The Balaban J connectivity index is 1.82. The molecule has 21 heavy (non-hydrogen) atoms. The van der Waals surface area contributed by atoms with Crippen LogP contribution in [-0.2, 0) is 6.54 Å². The number of hydrogen-bond acceptors (Lipinski definition) is 5. The average molecular weight is 300 g/mol. The van der Waals surface area contributed by atoms with Gasteiger partial charge in [0.1, 0.15) is 11.5 Å². The minimum Gasteiger partial charge on any atom is -0.383 e. The molecule has 0 saturated carbocycles. The molecule has 106 valence electrons. The number of aromatic amines is 1. The summed E-state index contributed by atoms with van der Waals surface area (Å²) in [5.74, 6) is -0.0123. The molecule has 1 amide bonds. The first-order valence-electron chi connectivity index (χ1n) is 6.23. The Labute approximate surface area is 123 Å². The average Bonchev–Trinajstić information content (AvgIpc) is 2.90. The highest BCUT2D eigenvalue weighted by Gasteiger charge is 2.10. The van der Waals surface area contributed by atoms with E-state index in [-0.39, 0.29) is 23.0 Å². The molecular weight excluding hydrogens is 288 g/mol. The number of rotatable bonds is 3. The van der Waals surface area contributed by atoms with Crippen molar-refractivity contribution in [1.82, 2.24) is 15.3 Å². The number of nitrogens with two attached hydrogens (primary N) is 1. The van der Waals surface area contributed by atoms with Crippen molar-refractivity contribution in [1.29, 1.82) is 0 Å². The zero-order valence-corrected chi connectivity index (χ0v) is 11.7. The fraction of sp³-hybridized carbons (Fsp3) is 0.0714. The summed E-state index contributed by atoms with van der Waals surface area (Å²) in [5.41, 5.74) is 6.78. The Kier molecular flexibility index (Phi) is 3.41. The number of amides is 1. The van der Waals surface area contributed by atoms with Crippen molar-refractivity contribution < 1.29 is 4.79 Å². The number of benzene rings is 1. The minimum absolute atomic E-state index is 0.146. The predicted octanol–water partition coefficient (Wildman–Crippen LogP) is 1.50. The number of nitrogen functional groups attached to an aromatic ring is 1. The van der Waals surface area contributed by atoms with Crippen LogP contribution < -0.4 is 15.9 Å². The highest BCUT2D eigenvalue weighted by atomic mass is 32.1. The lowest BCUT2D eigenvalue weighted by Crippen LogP contribution is -2.24. The van der Waals surface area contributed by atoms with Gasteiger partial charge in [-0.2, -0.15) is 0 Å². The Morgan fingerprint density at radius 2 is 2.19 bits per heavy atom. The van der Waals surface area contributed by atoms with Crippen molar-refractivity contribution >= 4 is 33.8 Å². The minimum atomic E-state index is -0.334. The van der Waals surface area contributed by atoms with Crippen molar-refractivity contribution in [2.45, 2.75) is 6.54 Å². The summed E-state index contributed by atoms with van der Waals surface area (Å²) in [5, 5.41) is 6.05. The molecule has 0 saturated heterocycles. The summed E-state index contributed by atoms with van der Waals surface area (Å²) in [7, 11) is 0. The van der Waals surface area contributed by atoms with E-state index in [1.54, 1.807) is 11.4 Å². The molecule has 6 nitrogen and oxygen atoms in total. The number of nitrogens with zero attached hydrogens (tertiary/aromatic N) is 1. The summed E-state index contributed by atoms with van der Waals surface area (Å²) in [6.07, 6.45) is 0. The summed E-state index contributed by atoms with van der Waals surface area (Å²) in [6.45, 7) is 0.242. The number of hydrogen-bond donors (Lipinski definition) is 3. The van der Waals surface area contributed by atoms with Crippen LogP contribution in [0.5, 0.6) is 0 Å². The van der Waals surface area contributed by atoms with Crippen molar-refractivity contribution in [3.63, 3.8) is 0 Å². The van der Waals surface area contributed by atoms with Crippen LogP contribution in [0.4, 0.5) is 5.82 Å². The third-order valence-corrected chi connectivity index (χ3v) is 3.73. The van der Waals surface area contributed by atoms with Gasteiger partial charge in [0.2, 0.25) is 0 Å². The van der Waals surface area contributed by atoms with E-state index >= 15 is 0 Å². The van der Waals surface area contributed by atoms with Gasteiger partial charge in [-0.1, -0.05) is 35.6 Å². The number of aromatic nitrogens is 2. The Morgan fingerprint density at radius 3 is 2.95 bits per heavy atom. The Bertz CT molecular complexity index is 869. The predicted molar refractivity (Wildman–Crippen MR) is 82.3 cm³/mol. The number of thiazole rings is 1. The van der Waals surface area contributed by atoms with Gasteiger partial charge in [0.15, 0.2) is 0 Å². The molecule has 0 aliphatic heterocycles. The highest BCUT2D eigenvalue weighted by Crippen LogP contribution is 2.19. The van der Waals surface area contributed by atoms with Gasteiger partial charge in [0, 0.05) is 16.5 Å². The Hall–Kier alpha value is -2.67. The standard InChI is InChI=1S/C14H12N4O2S/c15-12-10-4-2-1-3-8(10)5-11(18-12)13(19)16-6-9-7-21-14(20)17-9/h1-5,7H,6H2,(H2,15,18)(H,16,19)(H,17,20). The van der Waals surface area contributed by atoms with Gasteiger partial charge in [-0.25, -0.2) is 4.98 Å². The first-order chi connectivity index (χ1) is 10.1. The number of H-pyrrole nitrogens is 1. The molecule has 1 aromatic carbocycles. The maximum Gasteiger partial charge on any atom is 0.304 e. The number of fused-ring (bicyclic) bond motifs is 1. The molecule has 0 fully saturated rings. The van der Waals surface area contributed by atoms with E-state index in [1.165, 1.54) is 0 Å². The number of carbonyl (C=O) groups excluding carboxylic acids is 1. The monoisotopic (exact) mass is 300 g/mol. The lowest BCUT2D eigenvalue weighted by Gasteiger charge is -2.06. The van der Waals surface area contributed by atoms with Crippen molar-refractivity contribution in [3.8, 4) is 0 Å². The molecule has 3 rings (SSSR count). The first kappa shape index (κ1) is 13.3. The lowest BCUT2D eigenvalue weighted by molar-refractivity contribution is 0.0946. The van der Waals surface area contributed by atoms with Crippen LogP contribution in [0.15, 0.2) is 40.5 Å². The van der Waals surface area contributed by atoms with Crippen LogP contribution in [-0.4, -0.2) is 15.9 Å². The molecule has 2 aromatic heterocycles. The normalized spacial score (nSPS) is 10.7. The molecule has 0 spiro atoms. The molecule has 0 bridgehead atoms. The van der Waals surface area contributed by atoms with Crippen LogP contribution in [0, 0.1) is 0 Å². The smallest absolute Gasteiger partial charge is 0.304 e. The SMILES string of the molecule is Nc1nc(C(=O)NCc2csc(=O)[nH]2)cc2ccccc12. The van der Waals surface area contributed by atoms with E-state index in [1.807, 2.05) is 24.3 Å². The fourth-order valence-corrected chi connectivity index (χ4v) is 2.59. The molecule has 0 radical (unpaired) electrons. The molecular formula is C14H12N4O2S. The summed E-state index contributed by atoms with van der Waals surface area (Å²) in [6, 6.07) is 9.17. The van der Waals surface area contributed by atoms with Gasteiger partial charge in [0.25, 0.3) is 5.91 Å². The summed E-state index contributed by atoms with van der Waals surface area (Å²) >= 11 is 1.06. The largest absolute Gasteiger partial charge is 0.383 e. The van der Waals surface area contributed by atoms with E-state index in [0.717, 1.165) is 22.1 Å². The van der Waals surface area contributed by atoms with E-state index in [2.05, 4.69) is 15.3 Å². The first-order valence-corrected chi connectivity index (χ1v) is 7.11. The number of pyridine rings is 1. The molecule has 0 atom stereocenters. The van der Waals surface area contributed by atoms with Crippen LogP contribution >= 0.6 is 11.3 Å². The molecule has 0 unspecified atom stereocenters. The van der Waals surface area contributed by atoms with E-state index in [4.69, 9.17) is 5.73 Å². The van der Waals surface area contributed by atoms with Crippen LogP contribution in [0.1, 0.15) is 16.2 Å². The third-order valence-electron chi connectivity index (χ3n) is 3.01. The van der Waals surface area contributed by atoms with Crippen LogP contribution in [0.3, 0.4) is 0 Å². The van der Waals surface area contributed by atoms with Crippen molar-refractivity contribution in [3.05, 3.63) is 56.8 Å². The quantitative estimate of drug-likeness (QED) is 0.682. The maximum absolute atomic E-state index is 12.1. The fourth-order valence-electron chi connectivity index (χ4n) is 2.01. The molecule has 0 aliphatic rings. The molecule has 7 heteroatoms. The zero-order chi connectivity index (χ0) is 14.8. The van der Waals surface area contributed by atoms with Gasteiger partial charge >= 0.3 is 4.87 Å². The lowest BCUT2D eigenvalue weighted by atomic mass is 10.1. The van der Waals surface area contributed by atoms with Gasteiger partial charge in [0.05, 0.1) is 6.54 Å². The van der Waals surface area contributed by atoms with Crippen LogP contribution in [0.2, 0.25) is 0 Å². The van der Waals surface area contributed by atoms with E-state index in [0.29, 0.717) is 11.5 Å². The van der Waals surface area contributed by atoms with Gasteiger partial charge in [-0.3, -0.25) is 9.59 Å². The topological polar surface area (TPSA) is 101 Å². The van der Waals surface area contributed by atoms with Gasteiger partial charge < -0.3 is 16.0 Å². The number of nitrogens with one attached hydrogen (secondary N) is 2. The highest BCUT2D eigenvalue weighted by molar-refractivity contribution is 7.07. The number of anilines is 1. The van der Waals surface area contributed by atoms with Gasteiger partial charge in [-0.05, 0) is 11.5 Å². The summed E-state index contributed by atoms with van der Waals surface area (Å²) < 4.78 is 0. The molecule has 0 aliphatic carbocycles. The maximum atomic E-state index is 12.1. The van der Waals surface area contributed by atoms with Gasteiger partial charge in [-0.15, -0.1) is 0 Å². The zero-order valence-electron chi connectivity index (χ0n) is 10.9. The molecule has 2 heterocycles. The van der Waals surface area contributed by atoms with Crippen LogP contribution in [0.25, 0.3) is 10.8 Å². The molecule has 3 aromatic rings. The summed E-state index contributed by atoms with van der Waals surface area (Å²) in [4.78, 5) is 29.7. The van der Waals surface area contributed by atoms with Crippen molar-refractivity contribution in [2.75, 3.05) is 5.73 Å². The van der Waals surface area contributed by atoms with E-state index < -0.39 is 0 Å².